The topological polar surface area (TPSA) is 37.8 Å². The predicted octanol–water partition coefficient (Wildman–Crippen LogP) is 3.48. The summed E-state index contributed by atoms with van der Waals surface area (Å²) >= 11 is 0. The molecule has 0 aliphatic heterocycles. The lowest BCUT2D eigenvalue weighted by atomic mass is 10.1. The summed E-state index contributed by atoms with van der Waals surface area (Å²) in [5.74, 6) is 0. The van der Waals surface area contributed by atoms with Gasteiger partial charge in [-0.25, -0.2) is 0 Å². The molecule has 1 N–H and O–H groups in total. The zero-order valence-electron chi connectivity index (χ0n) is 11.5. The second-order valence-corrected chi connectivity index (χ2v) is 4.89. The SMILES string of the molecule is C[C@H](NCc1ccc2ncccc2c1)c1ccccn1. The monoisotopic (exact) mass is 263 g/mol. The summed E-state index contributed by atoms with van der Waals surface area (Å²) < 4.78 is 0. The summed E-state index contributed by atoms with van der Waals surface area (Å²) in [6, 6.07) is 16.7. The average molecular weight is 263 g/mol. The van der Waals surface area contributed by atoms with Gasteiger partial charge in [-0.1, -0.05) is 18.2 Å². The Balaban J connectivity index is 1.70. The molecule has 3 nitrogen and oxygen atoms in total. The van der Waals surface area contributed by atoms with Crippen LogP contribution in [0.1, 0.15) is 24.2 Å². The molecule has 1 atom stereocenters. The van der Waals surface area contributed by atoms with Crippen LogP contribution >= 0.6 is 0 Å². The Labute approximate surface area is 118 Å². The number of benzene rings is 1. The molecular formula is C17H17N3. The van der Waals surface area contributed by atoms with Gasteiger partial charge in [-0.05, 0) is 42.8 Å². The molecule has 100 valence electrons. The molecule has 0 saturated heterocycles. The Morgan fingerprint density at radius 2 is 1.90 bits per heavy atom. The van der Waals surface area contributed by atoms with E-state index in [0.29, 0.717) is 0 Å². The molecule has 0 saturated carbocycles. The van der Waals surface area contributed by atoms with E-state index in [2.05, 4.69) is 46.5 Å². The fourth-order valence-electron chi connectivity index (χ4n) is 2.24. The van der Waals surface area contributed by atoms with Gasteiger partial charge in [-0.15, -0.1) is 0 Å². The Kier molecular flexibility index (Phi) is 3.70. The molecule has 0 aliphatic carbocycles. The summed E-state index contributed by atoms with van der Waals surface area (Å²) in [6.07, 6.45) is 3.65. The van der Waals surface area contributed by atoms with Crippen LogP contribution in [-0.2, 0) is 6.54 Å². The molecule has 3 aromatic rings. The number of hydrogen-bond acceptors (Lipinski definition) is 3. The van der Waals surface area contributed by atoms with Crippen molar-refractivity contribution >= 4 is 10.9 Å². The van der Waals surface area contributed by atoms with Gasteiger partial charge >= 0.3 is 0 Å². The molecule has 3 rings (SSSR count). The van der Waals surface area contributed by atoms with E-state index < -0.39 is 0 Å². The highest BCUT2D eigenvalue weighted by Gasteiger charge is 2.05. The first-order valence-electron chi connectivity index (χ1n) is 6.81. The third-order valence-corrected chi connectivity index (χ3v) is 3.41. The van der Waals surface area contributed by atoms with Crippen molar-refractivity contribution in [2.75, 3.05) is 0 Å². The van der Waals surface area contributed by atoms with Crippen LogP contribution in [0.2, 0.25) is 0 Å². The van der Waals surface area contributed by atoms with Crippen LogP contribution < -0.4 is 5.32 Å². The molecule has 2 heterocycles. The molecule has 0 unspecified atom stereocenters. The van der Waals surface area contributed by atoms with Crippen molar-refractivity contribution in [3.63, 3.8) is 0 Å². The maximum Gasteiger partial charge on any atom is 0.0702 e. The Morgan fingerprint density at radius 3 is 2.75 bits per heavy atom. The van der Waals surface area contributed by atoms with Crippen LogP contribution in [0.15, 0.2) is 60.9 Å². The van der Waals surface area contributed by atoms with Crippen LogP contribution in [0.25, 0.3) is 10.9 Å². The highest BCUT2D eigenvalue weighted by atomic mass is 14.9. The lowest BCUT2D eigenvalue weighted by Crippen LogP contribution is -2.18. The van der Waals surface area contributed by atoms with Crippen molar-refractivity contribution in [3.8, 4) is 0 Å². The predicted molar refractivity (Wildman–Crippen MR) is 81.2 cm³/mol. The minimum atomic E-state index is 0.237. The Bertz CT molecular complexity index is 695. The fraction of sp³-hybridized carbons (Fsp3) is 0.176. The third kappa shape index (κ3) is 2.83. The van der Waals surface area contributed by atoms with Gasteiger partial charge in [-0.3, -0.25) is 9.97 Å². The van der Waals surface area contributed by atoms with Crippen molar-refractivity contribution in [1.29, 1.82) is 0 Å². The molecule has 0 fully saturated rings. The van der Waals surface area contributed by atoms with Crippen molar-refractivity contribution in [2.45, 2.75) is 19.5 Å². The molecule has 3 heteroatoms. The summed E-state index contributed by atoms with van der Waals surface area (Å²) in [6.45, 7) is 2.95. The number of aromatic nitrogens is 2. The first kappa shape index (κ1) is 12.8. The minimum absolute atomic E-state index is 0.237. The Hall–Kier alpha value is -2.26. The van der Waals surface area contributed by atoms with E-state index in [1.54, 1.807) is 0 Å². The van der Waals surface area contributed by atoms with E-state index in [4.69, 9.17) is 0 Å². The second-order valence-electron chi connectivity index (χ2n) is 4.89. The highest BCUT2D eigenvalue weighted by Crippen LogP contribution is 2.14. The van der Waals surface area contributed by atoms with Crippen LogP contribution in [0, 0.1) is 0 Å². The van der Waals surface area contributed by atoms with E-state index in [-0.39, 0.29) is 6.04 Å². The molecule has 1 aromatic carbocycles. The summed E-state index contributed by atoms with van der Waals surface area (Å²) in [5.41, 5.74) is 3.36. The van der Waals surface area contributed by atoms with Gasteiger partial charge in [-0.2, -0.15) is 0 Å². The van der Waals surface area contributed by atoms with Crippen molar-refractivity contribution in [3.05, 3.63) is 72.2 Å². The number of pyridine rings is 2. The standard InChI is InChI=1S/C17H17N3/c1-13(16-6-2-3-9-18-16)20-12-14-7-8-17-15(11-14)5-4-10-19-17/h2-11,13,20H,12H2,1H3/t13-/m0/s1. The van der Waals surface area contributed by atoms with Crippen molar-refractivity contribution in [1.82, 2.24) is 15.3 Å². The molecule has 2 aromatic heterocycles. The minimum Gasteiger partial charge on any atom is -0.305 e. The van der Waals surface area contributed by atoms with Crippen LogP contribution in [0.5, 0.6) is 0 Å². The largest absolute Gasteiger partial charge is 0.305 e. The summed E-state index contributed by atoms with van der Waals surface area (Å²) in [5, 5.41) is 4.68. The van der Waals surface area contributed by atoms with E-state index in [9.17, 15) is 0 Å². The van der Waals surface area contributed by atoms with E-state index in [1.165, 1.54) is 10.9 Å². The fourth-order valence-corrected chi connectivity index (χ4v) is 2.24. The van der Waals surface area contributed by atoms with Gasteiger partial charge in [0.2, 0.25) is 0 Å². The van der Waals surface area contributed by atoms with Crippen molar-refractivity contribution in [2.24, 2.45) is 0 Å². The summed E-state index contributed by atoms with van der Waals surface area (Å²) in [4.78, 5) is 8.70. The molecule has 0 aliphatic rings. The molecule has 0 bridgehead atoms. The maximum atomic E-state index is 4.37. The molecule has 0 amide bonds. The van der Waals surface area contributed by atoms with E-state index in [0.717, 1.165) is 17.8 Å². The summed E-state index contributed by atoms with van der Waals surface area (Å²) in [7, 11) is 0. The number of hydrogen-bond donors (Lipinski definition) is 1. The number of nitrogens with one attached hydrogen (secondary N) is 1. The molecule has 0 radical (unpaired) electrons. The second kappa shape index (κ2) is 5.80. The smallest absolute Gasteiger partial charge is 0.0702 e. The third-order valence-electron chi connectivity index (χ3n) is 3.41. The zero-order chi connectivity index (χ0) is 13.8. The van der Waals surface area contributed by atoms with Crippen LogP contribution in [0.3, 0.4) is 0 Å². The van der Waals surface area contributed by atoms with Crippen LogP contribution in [-0.4, -0.2) is 9.97 Å². The van der Waals surface area contributed by atoms with Gasteiger partial charge in [0, 0.05) is 30.4 Å². The molecule has 0 spiro atoms. The lowest BCUT2D eigenvalue weighted by Gasteiger charge is -2.13. The Morgan fingerprint density at radius 1 is 1.00 bits per heavy atom. The maximum absolute atomic E-state index is 4.37. The van der Waals surface area contributed by atoms with Gasteiger partial charge < -0.3 is 5.32 Å². The van der Waals surface area contributed by atoms with Gasteiger partial charge in [0.1, 0.15) is 0 Å². The first-order chi connectivity index (χ1) is 9.83. The zero-order valence-corrected chi connectivity index (χ0v) is 11.5. The molecular weight excluding hydrogens is 246 g/mol. The lowest BCUT2D eigenvalue weighted by molar-refractivity contribution is 0.562. The van der Waals surface area contributed by atoms with E-state index in [1.807, 2.05) is 36.7 Å². The first-order valence-corrected chi connectivity index (χ1v) is 6.81. The van der Waals surface area contributed by atoms with Gasteiger partial charge in [0.25, 0.3) is 0 Å². The average Bonchev–Trinajstić information content (AvgIpc) is 2.53. The normalized spacial score (nSPS) is 12.4. The molecule has 20 heavy (non-hydrogen) atoms. The quantitative estimate of drug-likeness (QED) is 0.783. The number of nitrogens with zero attached hydrogens (tertiary/aromatic N) is 2. The van der Waals surface area contributed by atoms with Gasteiger partial charge in [0.15, 0.2) is 0 Å². The highest BCUT2D eigenvalue weighted by molar-refractivity contribution is 5.78. The van der Waals surface area contributed by atoms with Gasteiger partial charge in [0.05, 0.1) is 11.2 Å². The van der Waals surface area contributed by atoms with Crippen molar-refractivity contribution < 1.29 is 0 Å². The van der Waals surface area contributed by atoms with E-state index >= 15 is 0 Å². The number of fused-ring (bicyclic) bond motifs is 1. The van der Waals surface area contributed by atoms with Crippen LogP contribution in [0.4, 0.5) is 0 Å². The number of rotatable bonds is 4.